The average molecular weight is 456 g/mol. The molecule has 1 N–H and O–H groups in total. The van der Waals surface area contributed by atoms with E-state index in [1.165, 1.54) is 16.7 Å². The summed E-state index contributed by atoms with van der Waals surface area (Å²) >= 11 is 6.62. The zero-order valence-corrected chi connectivity index (χ0v) is 18.7. The Balaban J connectivity index is 1.36. The minimum Gasteiger partial charge on any atom is -0.454 e. The lowest BCUT2D eigenvalue weighted by Gasteiger charge is -2.16. The molecule has 0 radical (unpaired) electrons. The molecule has 2 aliphatic rings. The number of nitrogens with zero attached hydrogens (tertiary/aromatic N) is 2. The number of carbonyl (C=O) groups excluding carboxylic acids is 2. The van der Waals surface area contributed by atoms with Gasteiger partial charge in [0, 0.05) is 38.4 Å². The van der Waals surface area contributed by atoms with Crippen molar-refractivity contribution < 1.29 is 19.1 Å². The molecule has 160 valence electrons. The molecule has 4 rings (SSSR count). The molecule has 1 fully saturated rings. The summed E-state index contributed by atoms with van der Waals surface area (Å²) in [6, 6.07) is 12.9. The molecule has 0 unspecified atom stereocenters. The second-order valence-corrected chi connectivity index (χ2v) is 8.82. The van der Waals surface area contributed by atoms with E-state index in [2.05, 4.69) is 5.32 Å². The highest BCUT2D eigenvalue weighted by Gasteiger charge is 2.31. The molecule has 0 aromatic heterocycles. The molecule has 2 amide bonds. The van der Waals surface area contributed by atoms with Gasteiger partial charge in [-0.05, 0) is 42.0 Å². The third-order valence-electron chi connectivity index (χ3n) is 4.81. The van der Waals surface area contributed by atoms with Gasteiger partial charge in [0.2, 0.25) is 6.79 Å². The third kappa shape index (κ3) is 4.67. The van der Waals surface area contributed by atoms with Crippen LogP contribution in [-0.2, 0) is 4.79 Å². The predicted octanol–water partition coefficient (Wildman–Crippen LogP) is 3.11. The first-order chi connectivity index (χ1) is 14.9. The van der Waals surface area contributed by atoms with Gasteiger partial charge in [0.05, 0.1) is 4.91 Å². The second kappa shape index (κ2) is 8.99. The number of thiocarbonyl (C=S) groups is 1. The normalized spacial score (nSPS) is 16.2. The van der Waals surface area contributed by atoms with Crippen molar-refractivity contribution in [1.82, 2.24) is 10.2 Å². The van der Waals surface area contributed by atoms with Crippen molar-refractivity contribution >= 4 is 51.9 Å². The summed E-state index contributed by atoms with van der Waals surface area (Å²) in [5.41, 5.74) is 2.34. The van der Waals surface area contributed by atoms with Crippen LogP contribution in [0.4, 0.5) is 5.69 Å². The van der Waals surface area contributed by atoms with E-state index >= 15 is 0 Å². The van der Waals surface area contributed by atoms with Crippen molar-refractivity contribution in [2.24, 2.45) is 0 Å². The summed E-state index contributed by atoms with van der Waals surface area (Å²) in [6.07, 6.45) is 1.78. The summed E-state index contributed by atoms with van der Waals surface area (Å²) in [5.74, 6) is 0.989. The van der Waals surface area contributed by atoms with Crippen LogP contribution in [0.15, 0.2) is 47.4 Å². The van der Waals surface area contributed by atoms with E-state index in [0.717, 1.165) is 11.3 Å². The van der Waals surface area contributed by atoms with Gasteiger partial charge >= 0.3 is 0 Å². The summed E-state index contributed by atoms with van der Waals surface area (Å²) in [4.78, 5) is 29.2. The number of thioether (sulfide) groups is 1. The molecule has 9 heteroatoms. The molecule has 2 aliphatic heterocycles. The number of nitrogens with one attached hydrogen (secondary N) is 1. The van der Waals surface area contributed by atoms with Gasteiger partial charge in [-0.15, -0.1) is 0 Å². The lowest BCUT2D eigenvalue weighted by atomic mass is 10.2. The van der Waals surface area contributed by atoms with Crippen LogP contribution in [0.25, 0.3) is 6.08 Å². The van der Waals surface area contributed by atoms with Crippen molar-refractivity contribution in [3.8, 4) is 11.5 Å². The molecule has 31 heavy (non-hydrogen) atoms. The molecule has 1 saturated heterocycles. The number of ether oxygens (including phenoxy) is 2. The fraction of sp³-hybridized carbons (Fsp3) is 0.227. The summed E-state index contributed by atoms with van der Waals surface area (Å²) in [7, 11) is 3.84. The maximum Gasteiger partial charge on any atom is 0.266 e. The Kier molecular flexibility index (Phi) is 6.15. The largest absolute Gasteiger partial charge is 0.454 e. The lowest BCUT2D eigenvalue weighted by molar-refractivity contribution is -0.122. The zero-order chi connectivity index (χ0) is 22.0. The first-order valence-electron chi connectivity index (χ1n) is 9.63. The van der Waals surface area contributed by atoms with Gasteiger partial charge < -0.3 is 19.7 Å². The molecule has 2 heterocycles. The van der Waals surface area contributed by atoms with E-state index in [1.807, 2.05) is 55.4 Å². The van der Waals surface area contributed by atoms with Gasteiger partial charge in [-0.1, -0.05) is 36.1 Å². The number of anilines is 1. The van der Waals surface area contributed by atoms with Gasteiger partial charge in [-0.2, -0.15) is 0 Å². The summed E-state index contributed by atoms with van der Waals surface area (Å²) in [5, 5.41) is 2.86. The van der Waals surface area contributed by atoms with Crippen molar-refractivity contribution in [2.75, 3.05) is 38.9 Å². The molecule has 0 atom stereocenters. The Labute approximate surface area is 190 Å². The topological polar surface area (TPSA) is 71.1 Å². The van der Waals surface area contributed by atoms with Gasteiger partial charge in [0.25, 0.3) is 11.8 Å². The molecule has 2 aromatic carbocycles. The van der Waals surface area contributed by atoms with Crippen LogP contribution < -0.4 is 19.7 Å². The molecule has 7 nitrogen and oxygen atoms in total. The van der Waals surface area contributed by atoms with Crippen molar-refractivity contribution in [3.63, 3.8) is 0 Å². The van der Waals surface area contributed by atoms with Gasteiger partial charge in [0.1, 0.15) is 4.32 Å². The quantitative estimate of drug-likeness (QED) is 0.530. The number of benzene rings is 2. The van der Waals surface area contributed by atoms with Gasteiger partial charge in [-0.25, -0.2) is 0 Å². The number of amides is 2. The molecular formula is C22H21N3O4S2. The maximum absolute atomic E-state index is 12.8. The Morgan fingerprint density at radius 3 is 2.84 bits per heavy atom. The monoisotopic (exact) mass is 455 g/mol. The van der Waals surface area contributed by atoms with Crippen molar-refractivity contribution in [1.29, 1.82) is 0 Å². The van der Waals surface area contributed by atoms with E-state index < -0.39 is 0 Å². The minimum absolute atomic E-state index is 0.170. The maximum atomic E-state index is 12.8. The zero-order valence-electron chi connectivity index (χ0n) is 17.1. The number of carbonyl (C=O) groups is 2. The summed E-state index contributed by atoms with van der Waals surface area (Å²) < 4.78 is 11.2. The number of hydrogen-bond acceptors (Lipinski definition) is 7. The van der Waals surface area contributed by atoms with E-state index in [4.69, 9.17) is 21.7 Å². The smallest absolute Gasteiger partial charge is 0.266 e. The number of rotatable bonds is 6. The van der Waals surface area contributed by atoms with Gasteiger partial charge in [-0.3, -0.25) is 14.5 Å². The molecule has 0 saturated carbocycles. The van der Waals surface area contributed by atoms with Crippen LogP contribution in [0.1, 0.15) is 15.9 Å². The van der Waals surface area contributed by atoms with Crippen molar-refractivity contribution in [3.05, 3.63) is 58.5 Å². The van der Waals surface area contributed by atoms with Crippen LogP contribution in [0.3, 0.4) is 0 Å². The SMILES string of the molecule is CN(C)c1cccc(C(=O)NCCN2C(=O)/C(=C\c3ccc4c(c3)OCO4)SC2=S)c1. The molecule has 0 aliphatic carbocycles. The van der Waals surface area contributed by atoms with E-state index in [9.17, 15) is 9.59 Å². The van der Waals surface area contributed by atoms with Gasteiger partial charge in [0.15, 0.2) is 11.5 Å². The van der Waals surface area contributed by atoms with Crippen LogP contribution >= 0.6 is 24.0 Å². The van der Waals surface area contributed by atoms with E-state index in [1.54, 1.807) is 12.1 Å². The molecule has 0 spiro atoms. The average Bonchev–Trinajstić information content (AvgIpc) is 3.33. The fourth-order valence-corrected chi connectivity index (χ4v) is 4.46. The summed E-state index contributed by atoms with van der Waals surface area (Å²) in [6.45, 7) is 0.809. The van der Waals surface area contributed by atoms with Crippen LogP contribution in [0.5, 0.6) is 11.5 Å². The third-order valence-corrected chi connectivity index (χ3v) is 6.19. The first kappa shape index (κ1) is 21.2. The molecule has 0 bridgehead atoms. The fourth-order valence-electron chi connectivity index (χ4n) is 3.16. The Morgan fingerprint density at radius 2 is 2.03 bits per heavy atom. The van der Waals surface area contributed by atoms with Crippen molar-refractivity contribution in [2.45, 2.75) is 0 Å². The predicted molar refractivity (Wildman–Crippen MR) is 126 cm³/mol. The molecule has 2 aromatic rings. The molecular weight excluding hydrogens is 434 g/mol. The standard InChI is InChI=1S/C22H21N3O4S2/c1-24(2)16-5-3-4-15(12-16)20(26)23-8-9-25-21(27)19(31-22(25)30)11-14-6-7-17-18(10-14)29-13-28-17/h3-7,10-12H,8-9,13H2,1-2H3,(H,23,26)/b19-11+. The van der Waals surface area contributed by atoms with Crippen LogP contribution in [-0.4, -0.2) is 55.0 Å². The number of hydrogen-bond donors (Lipinski definition) is 1. The highest BCUT2D eigenvalue weighted by Crippen LogP contribution is 2.36. The Morgan fingerprint density at radius 1 is 1.23 bits per heavy atom. The minimum atomic E-state index is -0.190. The first-order valence-corrected chi connectivity index (χ1v) is 10.9. The number of fused-ring (bicyclic) bond motifs is 1. The Hall–Kier alpha value is -3.04. The Bertz CT molecular complexity index is 1080. The lowest BCUT2D eigenvalue weighted by Crippen LogP contribution is -2.37. The van der Waals surface area contributed by atoms with Crippen LogP contribution in [0, 0.1) is 0 Å². The second-order valence-electron chi connectivity index (χ2n) is 7.15. The van der Waals surface area contributed by atoms with E-state index in [-0.39, 0.29) is 18.6 Å². The van der Waals surface area contributed by atoms with Crippen LogP contribution in [0.2, 0.25) is 0 Å². The van der Waals surface area contributed by atoms with E-state index in [0.29, 0.717) is 39.4 Å². The highest BCUT2D eigenvalue weighted by atomic mass is 32.2. The highest BCUT2D eigenvalue weighted by molar-refractivity contribution is 8.26.